The molecule has 1 saturated carbocycles. The Kier molecular flexibility index (Phi) is 5.03. The zero-order valence-electron chi connectivity index (χ0n) is 19.5. The molecule has 0 radical (unpaired) electrons. The van der Waals surface area contributed by atoms with E-state index in [1.807, 2.05) is 6.92 Å². The Morgan fingerprint density at radius 1 is 1.09 bits per heavy atom. The largest absolute Gasteiger partial charge is 0.493 e. The van der Waals surface area contributed by atoms with Crippen molar-refractivity contribution in [2.75, 3.05) is 26.7 Å². The molecule has 2 aromatic carbocycles. The number of fused-ring (bicyclic) bond motifs is 2. The topological polar surface area (TPSA) is 88.7 Å². The number of aromatic amines is 1. The highest BCUT2D eigenvalue weighted by Crippen LogP contribution is 2.44. The van der Waals surface area contributed by atoms with Gasteiger partial charge in [0.1, 0.15) is 5.75 Å². The fraction of sp³-hybridized carbons (Fsp3) is 0.308. The van der Waals surface area contributed by atoms with E-state index in [4.69, 9.17) is 14.2 Å². The first-order chi connectivity index (χ1) is 17.0. The van der Waals surface area contributed by atoms with Crippen LogP contribution in [0.1, 0.15) is 18.5 Å². The molecular formula is C26H25FN4O4. The average molecular weight is 477 g/mol. The lowest BCUT2D eigenvalue weighted by Crippen LogP contribution is -2.56. The number of carbonyl (C=O) groups is 1. The molecule has 35 heavy (non-hydrogen) atoms. The van der Waals surface area contributed by atoms with Crippen LogP contribution in [-0.4, -0.2) is 53.2 Å². The van der Waals surface area contributed by atoms with Gasteiger partial charge >= 0.3 is 6.09 Å². The second-order valence-corrected chi connectivity index (χ2v) is 9.14. The molecule has 2 aromatic heterocycles. The van der Waals surface area contributed by atoms with Crippen molar-refractivity contribution in [2.45, 2.75) is 25.3 Å². The zero-order valence-corrected chi connectivity index (χ0v) is 19.5. The van der Waals surface area contributed by atoms with Gasteiger partial charge in [0, 0.05) is 53.9 Å². The minimum Gasteiger partial charge on any atom is -0.493 e. The molecule has 4 aromatic rings. The van der Waals surface area contributed by atoms with Crippen LogP contribution in [-0.2, 0) is 0 Å². The molecule has 6 rings (SSSR count). The summed E-state index contributed by atoms with van der Waals surface area (Å²) in [5.41, 5.74) is 1.98. The van der Waals surface area contributed by atoms with Crippen LogP contribution in [0.2, 0.25) is 0 Å². The van der Waals surface area contributed by atoms with Crippen LogP contribution in [0.25, 0.3) is 21.8 Å². The van der Waals surface area contributed by atoms with E-state index >= 15 is 4.39 Å². The Bertz CT molecular complexity index is 1460. The van der Waals surface area contributed by atoms with Crippen LogP contribution in [0.5, 0.6) is 23.0 Å². The summed E-state index contributed by atoms with van der Waals surface area (Å²) < 4.78 is 32.5. The van der Waals surface area contributed by atoms with Crippen LogP contribution in [0.4, 0.5) is 9.18 Å². The second kappa shape index (κ2) is 8.13. The van der Waals surface area contributed by atoms with Crippen molar-refractivity contribution in [1.82, 2.24) is 20.2 Å². The number of nitrogens with one attached hydrogen (secondary N) is 2. The van der Waals surface area contributed by atoms with Gasteiger partial charge in [0.15, 0.2) is 23.1 Å². The van der Waals surface area contributed by atoms with Gasteiger partial charge in [-0.1, -0.05) is 0 Å². The third-order valence-electron chi connectivity index (χ3n) is 6.83. The molecule has 180 valence electrons. The van der Waals surface area contributed by atoms with E-state index in [0.717, 1.165) is 31.6 Å². The van der Waals surface area contributed by atoms with Gasteiger partial charge in [-0.3, -0.25) is 9.88 Å². The SMILES string of the molecule is COc1cc2nccc(Oc3ccc4[nH]c(C)cc4c3F)c2cc1OC(=O)N1CCNCC12CC2. The molecule has 1 amide bonds. The highest BCUT2D eigenvalue weighted by atomic mass is 19.1. The number of aryl methyl sites for hydroxylation is 1. The minimum atomic E-state index is -0.453. The molecule has 0 atom stereocenters. The molecule has 8 nitrogen and oxygen atoms in total. The van der Waals surface area contributed by atoms with Gasteiger partial charge in [-0.25, -0.2) is 9.18 Å². The summed E-state index contributed by atoms with van der Waals surface area (Å²) >= 11 is 0. The number of methoxy groups -OCH3 is 1. The zero-order chi connectivity index (χ0) is 24.2. The highest BCUT2D eigenvalue weighted by molar-refractivity contribution is 5.90. The van der Waals surface area contributed by atoms with Crippen LogP contribution in [0, 0.1) is 12.7 Å². The number of ether oxygens (including phenoxy) is 3. The van der Waals surface area contributed by atoms with Crippen LogP contribution in [0.15, 0.2) is 42.6 Å². The summed E-state index contributed by atoms with van der Waals surface area (Å²) in [6, 6.07) is 10.1. The van der Waals surface area contributed by atoms with Crippen molar-refractivity contribution in [3.63, 3.8) is 0 Å². The predicted molar refractivity (Wildman–Crippen MR) is 129 cm³/mol. The molecule has 1 aliphatic heterocycles. The van der Waals surface area contributed by atoms with Gasteiger partial charge in [-0.2, -0.15) is 0 Å². The normalized spacial score (nSPS) is 16.6. The minimum absolute atomic E-state index is 0.0925. The fourth-order valence-corrected chi connectivity index (χ4v) is 4.81. The third kappa shape index (κ3) is 3.72. The Morgan fingerprint density at radius 2 is 1.94 bits per heavy atom. The molecule has 0 unspecified atom stereocenters. The lowest BCUT2D eigenvalue weighted by Gasteiger charge is -2.35. The average Bonchev–Trinajstić information content (AvgIpc) is 3.50. The Labute approximate surface area is 201 Å². The van der Waals surface area contributed by atoms with Crippen molar-refractivity contribution in [3.8, 4) is 23.0 Å². The Morgan fingerprint density at radius 3 is 2.74 bits per heavy atom. The molecule has 1 aliphatic carbocycles. The number of hydrogen-bond acceptors (Lipinski definition) is 6. The van der Waals surface area contributed by atoms with Crippen LogP contribution < -0.4 is 19.5 Å². The Hall–Kier alpha value is -3.85. The molecule has 2 aliphatic rings. The highest BCUT2D eigenvalue weighted by Gasteiger charge is 2.52. The van der Waals surface area contributed by atoms with E-state index in [9.17, 15) is 4.79 Å². The van der Waals surface area contributed by atoms with Gasteiger partial charge in [-0.15, -0.1) is 0 Å². The van der Waals surface area contributed by atoms with Crippen molar-refractivity contribution >= 4 is 27.9 Å². The summed E-state index contributed by atoms with van der Waals surface area (Å²) in [6.07, 6.45) is 3.09. The number of nitrogens with zero attached hydrogens (tertiary/aromatic N) is 2. The second-order valence-electron chi connectivity index (χ2n) is 9.14. The van der Waals surface area contributed by atoms with Gasteiger partial charge < -0.3 is 24.5 Å². The molecule has 2 fully saturated rings. The summed E-state index contributed by atoms with van der Waals surface area (Å²) in [6.45, 7) is 3.96. The smallest absolute Gasteiger partial charge is 0.415 e. The van der Waals surface area contributed by atoms with Crippen molar-refractivity contribution in [3.05, 3.63) is 54.1 Å². The van der Waals surface area contributed by atoms with E-state index < -0.39 is 11.9 Å². The summed E-state index contributed by atoms with van der Waals surface area (Å²) in [5.74, 6) is 0.668. The van der Waals surface area contributed by atoms with E-state index in [1.54, 1.807) is 47.5 Å². The quantitative estimate of drug-likeness (QED) is 0.436. The number of piperazine rings is 1. The third-order valence-corrected chi connectivity index (χ3v) is 6.83. The van der Waals surface area contributed by atoms with Gasteiger partial charge in [-0.05, 0) is 50.1 Å². The molecule has 1 saturated heterocycles. The monoisotopic (exact) mass is 476 g/mol. The lowest BCUT2D eigenvalue weighted by molar-refractivity contribution is 0.109. The number of halogens is 1. The van der Waals surface area contributed by atoms with Crippen molar-refractivity contribution in [1.29, 1.82) is 0 Å². The first-order valence-corrected chi connectivity index (χ1v) is 11.6. The summed E-state index contributed by atoms with van der Waals surface area (Å²) in [4.78, 5) is 22.4. The molecule has 9 heteroatoms. The maximum Gasteiger partial charge on any atom is 0.415 e. The van der Waals surface area contributed by atoms with E-state index in [1.165, 1.54) is 7.11 Å². The molecular weight excluding hydrogens is 451 g/mol. The van der Waals surface area contributed by atoms with Crippen molar-refractivity contribution < 1.29 is 23.4 Å². The first-order valence-electron chi connectivity index (χ1n) is 11.6. The number of carbonyl (C=O) groups excluding carboxylic acids is 1. The number of benzene rings is 2. The molecule has 1 spiro atoms. The number of pyridine rings is 1. The van der Waals surface area contributed by atoms with Gasteiger partial charge in [0.2, 0.25) is 0 Å². The number of rotatable bonds is 4. The molecule has 0 bridgehead atoms. The number of hydrogen-bond donors (Lipinski definition) is 2. The lowest BCUT2D eigenvalue weighted by atomic mass is 10.1. The fourth-order valence-electron chi connectivity index (χ4n) is 4.81. The molecule has 2 N–H and O–H groups in total. The maximum absolute atomic E-state index is 15.2. The molecule has 3 heterocycles. The maximum atomic E-state index is 15.2. The van der Waals surface area contributed by atoms with E-state index in [-0.39, 0.29) is 17.0 Å². The number of amides is 1. The number of H-pyrrole nitrogens is 1. The van der Waals surface area contributed by atoms with E-state index in [2.05, 4.69) is 15.3 Å². The summed E-state index contributed by atoms with van der Waals surface area (Å²) in [7, 11) is 1.51. The predicted octanol–water partition coefficient (Wildman–Crippen LogP) is 4.90. The first kappa shape index (κ1) is 21.7. The van der Waals surface area contributed by atoms with Crippen molar-refractivity contribution in [2.24, 2.45) is 0 Å². The van der Waals surface area contributed by atoms with Crippen LogP contribution >= 0.6 is 0 Å². The Balaban J connectivity index is 1.35. The van der Waals surface area contributed by atoms with Gasteiger partial charge in [0.05, 0.1) is 18.2 Å². The van der Waals surface area contributed by atoms with Gasteiger partial charge in [0.25, 0.3) is 0 Å². The standard InChI is InChI=1S/C26H25FN4O4/c1-15-11-17-18(30-15)3-4-21(24(17)27)34-20-5-8-29-19-13-22(33-2)23(12-16(19)20)35-25(32)31-10-9-28-14-26(31)6-7-26/h3-5,8,11-13,28,30H,6-7,9-10,14H2,1-2H3. The van der Waals surface area contributed by atoms with E-state index in [0.29, 0.717) is 39.8 Å². The summed E-state index contributed by atoms with van der Waals surface area (Å²) in [5, 5.41) is 4.38. The van der Waals surface area contributed by atoms with Crippen LogP contribution in [0.3, 0.4) is 0 Å². The number of aromatic nitrogens is 2.